The van der Waals surface area contributed by atoms with Crippen LogP contribution in [0.2, 0.25) is 0 Å². The fraction of sp³-hybridized carbons (Fsp3) is 0.500. The van der Waals surface area contributed by atoms with Crippen LogP contribution in [0.1, 0.15) is 31.4 Å². The summed E-state index contributed by atoms with van der Waals surface area (Å²) in [5, 5.41) is 8.92. The van der Waals surface area contributed by atoms with E-state index in [1.807, 2.05) is 30.3 Å². The lowest BCUT2D eigenvalue weighted by atomic mass is 10.0. The van der Waals surface area contributed by atoms with Crippen molar-refractivity contribution in [1.29, 1.82) is 5.26 Å². The Hall–Kier alpha value is -2.91. The van der Waals surface area contributed by atoms with Crippen LogP contribution < -0.4 is 18.9 Å². The molecule has 0 heterocycles. The van der Waals surface area contributed by atoms with Crippen LogP contribution in [0.25, 0.3) is 0 Å². The number of methoxy groups -OCH3 is 3. The minimum atomic E-state index is 0.0641. The molecule has 32 heavy (non-hydrogen) atoms. The molecule has 0 radical (unpaired) electrons. The molecule has 0 N–H and O–H groups in total. The molecule has 2 rings (SSSR count). The minimum Gasteiger partial charge on any atom is -0.493 e. The first-order valence-electron chi connectivity index (χ1n) is 11.0. The van der Waals surface area contributed by atoms with Crippen LogP contribution in [-0.4, -0.2) is 52.5 Å². The summed E-state index contributed by atoms with van der Waals surface area (Å²) in [7, 11) is 7.07. The quantitative estimate of drug-likeness (QED) is 0.448. The fourth-order valence-electron chi connectivity index (χ4n) is 3.52. The fourth-order valence-corrected chi connectivity index (χ4v) is 3.52. The number of nitriles is 1. The Kier molecular flexibility index (Phi) is 10.2. The zero-order chi connectivity index (χ0) is 23.5. The zero-order valence-electron chi connectivity index (χ0n) is 20.2. The molecule has 2 aromatic rings. The van der Waals surface area contributed by atoms with Gasteiger partial charge in [0, 0.05) is 13.1 Å². The molecule has 0 spiro atoms. The normalized spacial score (nSPS) is 11.8. The zero-order valence-corrected chi connectivity index (χ0v) is 20.2. The van der Waals surface area contributed by atoms with Crippen molar-refractivity contribution < 1.29 is 18.9 Å². The van der Waals surface area contributed by atoms with Crippen molar-refractivity contribution in [2.45, 2.75) is 39.2 Å². The van der Waals surface area contributed by atoms with E-state index in [1.165, 1.54) is 5.56 Å². The summed E-state index contributed by atoms with van der Waals surface area (Å²) < 4.78 is 22.6. The van der Waals surface area contributed by atoms with Crippen molar-refractivity contribution in [3.63, 3.8) is 0 Å². The van der Waals surface area contributed by atoms with E-state index >= 15 is 0 Å². The highest BCUT2D eigenvalue weighted by molar-refractivity contribution is 5.44. The van der Waals surface area contributed by atoms with Crippen molar-refractivity contribution in [2.75, 3.05) is 41.5 Å². The third kappa shape index (κ3) is 7.35. The number of ether oxygens (including phenoxy) is 4. The molecule has 174 valence electrons. The molecule has 0 bridgehead atoms. The second-order valence-electron chi connectivity index (χ2n) is 8.25. The van der Waals surface area contributed by atoms with Crippen molar-refractivity contribution in [1.82, 2.24) is 4.90 Å². The molecule has 0 aliphatic carbocycles. The molecule has 2 aromatic carbocycles. The second kappa shape index (κ2) is 12.8. The topological polar surface area (TPSA) is 64.0 Å². The Balaban J connectivity index is 1.93. The van der Waals surface area contributed by atoms with Gasteiger partial charge in [-0.15, -0.1) is 0 Å². The highest BCUT2D eigenvalue weighted by Gasteiger charge is 2.18. The lowest BCUT2D eigenvalue weighted by Crippen LogP contribution is -2.31. The number of benzene rings is 2. The molecule has 6 nitrogen and oxygen atoms in total. The molecule has 0 aliphatic rings. The van der Waals surface area contributed by atoms with Gasteiger partial charge in [-0.2, -0.15) is 5.26 Å². The monoisotopic (exact) mass is 440 g/mol. The van der Waals surface area contributed by atoms with E-state index in [9.17, 15) is 0 Å². The van der Waals surface area contributed by atoms with Gasteiger partial charge in [-0.05, 0) is 61.2 Å². The predicted molar refractivity (Wildman–Crippen MR) is 127 cm³/mol. The Labute approximate surface area is 192 Å². The van der Waals surface area contributed by atoms with E-state index in [2.05, 4.69) is 37.9 Å². The first-order valence-corrected chi connectivity index (χ1v) is 11.0. The largest absolute Gasteiger partial charge is 0.493 e. The summed E-state index contributed by atoms with van der Waals surface area (Å²) >= 11 is 0. The molecule has 1 unspecified atom stereocenters. The highest BCUT2D eigenvalue weighted by atomic mass is 16.5. The summed E-state index contributed by atoms with van der Waals surface area (Å²) in [4.78, 5) is 2.32. The van der Waals surface area contributed by atoms with E-state index in [1.54, 1.807) is 21.3 Å². The first kappa shape index (κ1) is 25.4. The molecule has 0 saturated carbocycles. The number of hydrogen-bond donors (Lipinski definition) is 0. The Morgan fingerprint density at radius 2 is 1.44 bits per heavy atom. The summed E-state index contributed by atoms with van der Waals surface area (Å²) in [5.74, 6) is 3.26. The Morgan fingerprint density at radius 3 is 2.06 bits per heavy atom. The minimum absolute atomic E-state index is 0.0641. The Morgan fingerprint density at radius 1 is 0.844 bits per heavy atom. The molecular formula is C26H36N2O4. The van der Waals surface area contributed by atoms with E-state index in [4.69, 9.17) is 24.2 Å². The number of nitrogens with zero attached hydrogens (tertiary/aromatic N) is 2. The maximum Gasteiger partial charge on any atom is 0.161 e. The molecule has 6 heteroatoms. The summed E-state index contributed by atoms with van der Waals surface area (Å²) in [6.07, 6.45) is 2.26. The average Bonchev–Trinajstić information content (AvgIpc) is 2.80. The Bertz CT molecular complexity index is 892. The van der Waals surface area contributed by atoms with E-state index in [0.717, 1.165) is 48.7 Å². The van der Waals surface area contributed by atoms with Crippen molar-refractivity contribution in [3.05, 3.63) is 47.5 Å². The van der Waals surface area contributed by atoms with Gasteiger partial charge in [0.2, 0.25) is 0 Å². The number of rotatable bonds is 13. The van der Waals surface area contributed by atoms with Gasteiger partial charge < -0.3 is 23.8 Å². The average molecular weight is 441 g/mol. The first-order chi connectivity index (χ1) is 15.4. The van der Waals surface area contributed by atoms with Crippen LogP contribution >= 0.6 is 0 Å². The third-order valence-electron chi connectivity index (χ3n) is 5.56. The highest BCUT2D eigenvalue weighted by Crippen LogP contribution is 2.31. The predicted octanol–water partition coefficient (Wildman–Crippen LogP) is 4.75. The van der Waals surface area contributed by atoms with Crippen molar-refractivity contribution in [3.8, 4) is 29.1 Å². The number of hydrogen-bond acceptors (Lipinski definition) is 6. The molecule has 0 amide bonds. The van der Waals surface area contributed by atoms with Gasteiger partial charge in [0.1, 0.15) is 6.10 Å². The van der Waals surface area contributed by atoms with Gasteiger partial charge in [0.05, 0.1) is 33.8 Å². The van der Waals surface area contributed by atoms with Gasteiger partial charge >= 0.3 is 0 Å². The summed E-state index contributed by atoms with van der Waals surface area (Å²) in [6, 6.07) is 13.9. The summed E-state index contributed by atoms with van der Waals surface area (Å²) in [6.45, 7) is 6.20. The standard InChI is InChI=1S/C26H36N2O4/c1-19(2)22(32-24-10-8-20(11-14-27)17-26(24)31-6)13-16-28(3)15-12-21-7-9-23(29-4)25(18-21)30-5/h7-10,17-19,22H,11-13,15-16H2,1-6H3. The van der Waals surface area contributed by atoms with Crippen LogP contribution in [0.15, 0.2) is 36.4 Å². The number of likely N-dealkylation sites (N-methyl/N-ethyl adjacent to an activating group) is 1. The van der Waals surface area contributed by atoms with E-state index < -0.39 is 0 Å². The van der Waals surface area contributed by atoms with Gasteiger partial charge in [-0.25, -0.2) is 0 Å². The smallest absolute Gasteiger partial charge is 0.161 e. The third-order valence-corrected chi connectivity index (χ3v) is 5.56. The molecule has 0 saturated heterocycles. The van der Waals surface area contributed by atoms with Crippen molar-refractivity contribution >= 4 is 0 Å². The van der Waals surface area contributed by atoms with Crippen molar-refractivity contribution in [2.24, 2.45) is 5.92 Å². The SMILES string of the molecule is COc1ccc(CCN(C)CCC(Oc2ccc(CC#N)cc2OC)C(C)C)cc1OC. The van der Waals surface area contributed by atoms with Crippen LogP contribution in [-0.2, 0) is 12.8 Å². The maximum absolute atomic E-state index is 8.92. The van der Waals surface area contributed by atoms with Crippen LogP contribution in [0.4, 0.5) is 0 Å². The lowest BCUT2D eigenvalue weighted by Gasteiger charge is -2.26. The second-order valence-corrected chi connectivity index (χ2v) is 8.25. The van der Waals surface area contributed by atoms with E-state index in [0.29, 0.717) is 18.1 Å². The molecule has 1 atom stereocenters. The van der Waals surface area contributed by atoms with Gasteiger partial charge in [-0.1, -0.05) is 26.0 Å². The van der Waals surface area contributed by atoms with Gasteiger partial charge in [0.25, 0.3) is 0 Å². The molecule has 0 aliphatic heterocycles. The summed E-state index contributed by atoms with van der Waals surface area (Å²) in [5.41, 5.74) is 2.14. The van der Waals surface area contributed by atoms with Crippen LogP contribution in [0.3, 0.4) is 0 Å². The molecule has 0 aromatic heterocycles. The molecular weight excluding hydrogens is 404 g/mol. The van der Waals surface area contributed by atoms with Gasteiger partial charge in [0.15, 0.2) is 23.0 Å². The lowest BCUT2D eigenvalue weighted by molar-refractivity contribution is 0.123. The maximum atomic E-state index is 8.92. The van der Waals surface area contributed by atoms with Gasteiger partial charge in [-0.3, -0.25) is 0 Å². The van der Waals surface area contributed by atoms with Crippen LogP contribution in [0.5, 0.6) is 23.0 Å². The molecule has 0 fully saturated rings. The van der Waals surface area contributed by atoms with E-state index in [-0.39, 0.29) is 6.10 Å². The van der Waals surface area contributed by atoms with Crippen LogP contribution in [0, 0.1) is 17.2 Å².